The van der Waals surface area contributed by atoms with Crippen LogP contribution in [0.5, 0.6) is 0 Å². The molecule has 0 aliphatic carbocycles. The second-order valence-electron chi connectivity index (χ2n) is 3.87. The van der Waals surface area contributed by atoms with Gasteiger partial charge in [0.1, 0.15) is 0 Å². The van der Waals surface area contributed by atoms with Gasteiger partial charge in [0.15, 0.2) is 0 Å². The van der Waals surface area contributed by atoms with Crippen LogP contribution >= 0.6 is 23.2 Å². The summed E-state index contributed by atoms with van der Waals surface area (Å²) in [5, 5.41) is 3.13. The Kier molecular flexibility index (Phi) is 6.28. The van der Waals surface area contributed by atoms with E-state index >= 15 is 0 Å². The predicted molar refractivity (Wildman–Crippen MR) is 82.1 cm³/mol. The summed E-state index contributed by atoms with van der Waals surface area (Å²) in [4.78, 5) is 25.1. The quantitative estimate of drug-likeness (QED) is 0.671. The van der Waals surface area contributed by atoms with Gasteiger partial charge in [-0.1, -0.05) is 35.4 Å². The lowest BCUT2D eigenvalue weighted by atomic mass is 10.3. The third-order valence-electron chi connectivity index (χ3n) is 2.36. The maximum atomic E-state index is 11.9. The van der Waals surface area contributed by atoms with Crippen LogP contribution in [0.2, 0.25) is 10.0 Å². The van der Waals surface area contributed by atoms with Crippen LogP contribution in [-0.2, 0) is 9.59 Å². The topological polar surface area (TPSA) is 49.4 Å². The van der Waals surface area contributed by atoms with E-state index < -0.39 is 11.8 Å². The molecule has 2 amide bonds. The number of rotatable bonds is 5. The van der Waals surface area contributed by atoms with Crippen LogP contribution < -0.4 is 5.32 Å². The van der Waals surface area contributed by atoms with Gasteiger partial charge in [-0.15, -0.1) is 13.2 Å². The summed E-state index contributed by atoms with van der Waals surface area (Å²) in [7, 11) is 0. The molecule has 1 N–H and O–H groups in total. The summed E-state index contributed by atoms with van der Waals surface area (Å²) in [5.74, 6) is -1.43. The molecule has 0 bridgehead atoms. The van der Waals surface area contributed by atoms with Gasteiger partial charge >= 0.3 is 11.8 Å². The van der Waals surface area contributed by atoms with Gasteiger partial charge in [-0.05, 0) is 18.2 Å². The summed E-state index contributed by atoms with van der Waals surface area (Å²) in [6.45, 7) is 7.60. The zero-order valence-corrected chi connectivity index (χ0v) is 12.2. The molecule has 6 heteroatoms. The number of anilines is 1. The van der Waals surface area contributed by atoms with Crippen molar-refractivity contribution in [2.45, 2.75) is 0 Å². The standard InChI is InChI=1S/C14H14Cl2N2O2/c1-3-7-18(8-4-2)14(20)13(19)17-10-5-6-11(15)12(16)9-10/h3-6,9H,1-2,7-8H2,(H,17,19). The van der Waals surface area contributed by atoms with E-state index in [1.807, 2.05) is 0 Å². The Balaban J connectivity index is 2.77. The average Bonchev–Trinajstić information content (AvgIpc) is 2.42. The van der Waals surface area contributed by atoms with E-state index in [0.29, 0.717) is 15.7 Å². The minimum atomic E-state index is -0.757. The SMILES string of the molecule is C=CCN(CC=C)C(=O)C(=O)Nc1ccc(Cl)c(Cl)c1. The predicted octanol–water partition coefficient (Wildman–Crippen LogP) is 3.13. The first-order chi connectivity index (χ1) is 9.49. The number of nitrogens with one attached hydrogen (secondary N) is 1. The Morgan fingerprint density at radius 3 is 2.25 bits per heavy atom. The number of carbonyl (C=O) groups excluding carboxylic acids is 2. The molecule has 0 aliphatic heterocycles. The highest BCUT2D eigenvalue weighted by Gasteiger charge is 2.20. The lowest BCUT2D eigenvalue weighted by Crippen LogP contribution is -2.39. The third kappa shape index (κ3) is 4.40. The molecule has 20 heavy (non-hydrogen) atoms. The second-order valence-corrected chi connectivity index (χ2v) is 4.68. The zero-order chi connectivity index (χ0) is 15.1. The molecule has 0 atom stereocenters. The van der Waals surface area contributed by atoms with Crippen LogP contribution in [-0.4, -0.2) is 29.8 Å². The van der Waals surface area contributed by atoms with Crippen molar-refractivity contribution in [2.24, 2.45) is 0 Å². The Labute approximate surface area is 127 Å². The van der Waals surface area contributed by atoms with E-state index in [9.17, 15) is 9.59 Å². The van der Waals surface area contributed by atoms with Crippen LogP contribution in [0.25, 0.3) is 0 Å². The van der Waals surface area contributed by atoms with Crippen molar-refractivity contribution in [3.05, 3.63) is 53.6 Å². The molecular weight excluding hydrogens is 299 g/mol. The van der Waals surface area contributed by atoms with Gasteiger partial charge < -0.3 is 10.2 Å². The number of halogens is 2. The minimum absolute atomic E-state index is 0.264. The van der Waals surface area contributed by atoms with Crippen molar-refractivity contribution in [1.29, 1.82) is 0 Å². The molecule has 0 unspecified atom stereocenters. The van der Waals surface area contributed by atoms with Crippen LogP contribution in [0.1, 0.15) is 0 Å². The fraction of sp³-hybridized carbons (Fsp3) is 0.143. The highest BCUT2D eigenvalue weighted by Crippen LogP contribution is 2.24. The van der Waals surface area contributed by atoms with Gasteiger partial charge in [0.05, 0.1) is 10.0 Å². The number of carbonyl (C=O) groups is 2. The molecule has 0 aliphatic rings. The summed E-state index contributed by atoms with van der Waals surface area (Å²) in [6, 6.07) is 4.57. The molecule has 1 aromatic carbocycles. The van der Waals surface area contributed by atoms with E-state index in [4.69, 9.17) is 23.2 Å². The van der Waals surface area contributed by atoms with Crippen molar-refractivity contribution >= 4 is 40.7 Å². The zero-order valence-electron chi connectivity index (χ0n) is 10.7. The molecule has 1 rings (SSSR count). The van der Waals surface area contributed by atoms with Gasteiger partial charge in [-0.25, -0.2) is 0 Å². The molecular formula is C14H14Cl2N2O2. The van der Waals surface area contributed by atoms with E-state index in [0.717, 1.165) is 0 Å². The first-order valence-corrected chi connectivity index (χ1v) is 6.52. The largest absolute Gasteiger partial charge is 0.327 e. The number of benzene rings is 1. The van der Waals surface area contributed by atoms with Crippen molar-refractivity contribution in [3.8, 4) is 0 Å². The average molecular weight is 313 g/mol. The van der Waals surface area contributed by atoms with Crippen molar-refractivity contribution < 1.29 is 9.59 Å². The van der Waals surface area contributed by atoms with Crippen LogP contribution in [0.3, 0.4) is 0 Å². The second kappa shape index (κ2) is 7.72. The van der Waals surface area contributed by atoms with Crippen LogP contribution in [0.4, 0.5) is 5.69 Å². The molecule has 0 saturated heterocycles. The Morgan fingerprint density at radius 1 is 1.15 bits per heavy atom. The molecule has 0 saturated carbocycles. The molecule has 0 aromatic heterocycles. The number of hydrogen-bond donors (Lipinski definition) is 1. The molecule has 0 spiro atoms. The molecule has 4 nitrogen and oxygen atoms in total. The lowest BCUT2D eigenvalue weighted by Gasteiger charge is -2.18. The number of nitrogens with zero attached hydrogens (tertiary/aromatic N) is 1. The highest BCUT2D eigenvalue weighted by molar-refractivity contribution is 6.42. The Morgan fingerprint density at radius 2 is 1.75 bits per heavy atom. The fourth-order valence-corrected chi connectivity index (χ4v) is 1.75. The first-order valence-electron chi connectivity index (χ1n) is 5.76. The highest BCUT2D eigenvalue weighted by atomic mass is 35.5. The van der Waals surface area contributed by atoms with Gasteiger partial charge in [-0.3, -0.25) is 9.59 Å². The molecule has 0 radical (unpaired) electrons. The van der Waals surface area contributed by atoms with E-state index in [1.165, 1.54) is 29.2 Å². The van der Waals surface area contributed by atoms with Crippen LogP contribution in [0.15, 0.2) is 43.5 Å². The van der Waals surface area contributed by atoms with Crippen molar-refractivity contribution in [2.75, 3.05) is 18.4 Å². The number of hydrogen-bond acceptors (Lipinski definition) is 2. The normalized spacial score (nSPS) is 9.70. The third-order valence-corrected chi connectivity index (χ3v) is 3.10. The van der Waals surface area contributed by atoms with Crippen molar-refractivity contribution in [3.63, 3.8) is 0 Å². The lowest BCUT2D eigenvalue weighted by molar-refractivity contribution is -0.142. The maximum Gasteiger partial charge on any atom is 0.313 e. The summed E-state index contributed by atoms with van der Waals surface area (Å²) >= 11 is 11.6. The molecule has 0 fully saturated rings. The summed E-state index contributed by atoms with van der Waals surface area (Å²) in [5.41, 5.74) is 0.398. The van der Waals surface area contributed by atoms with E-state index in [-0.39, 0.29) is 13.1 Å². The van der Waals surface area contributed by atoms with E-state index in [2.05, 4.69) is 18.5 Å². The Bertz CT molecular complexity index is 534. The monoisotopic (exact) mass is 312 g/mol. The molecule has 1 aromatic rings. The van der Waals surface area contributed by atoms with Crippen LogP contribution in [0, 0.1) is 0 Å². The molecule has 106 valence electrons. The van der Waals surface area contributed by atoms with E-state index in [1.54, 1.807) is 6.07 Å². The van der Waals surface area contributed by atoms with Gasteiger partial charge in [0, 0.05) is 18.8 Å². The number of amides is 2. The minimum Gasteiger partial charge on any atom is -0.327 e. The first kappa shape index (κ1) is 16.3. The van der Waals surface area contributed by atoms with Crippen molar-refractivity contribution in [1.82, 2.24) is 4.90 Å². The van der Waals surface area contributed by atoms with Gasteiger partial charge in [0.25, 0.3) is 0 Å². The smallest absolute Gasteiger partial charge is 0.313 e. The maximum absolute atomic E-state index is 11.9. The Hall–Kier alpha value is -1.78. The summed E-state index contributed by atoms with van der Waals surface area (Å²) < 4.78 is 0. The van der Waals surface area contributed by atoms with Gasteiger partial charge in [-0.2, -0.15) is 0 Å². The molecule has 0 heterocycles. The van der Waals surface area contributed by atoms with Gasteiger partial charge in [0.2, 0.25) is 0 Å². The fourth-order valence-electron chi connectivity index (χ4n) is 1.45. The summed E-state index contributed by atoms with van der Waals surface area (Å²) in [6.07, 6.45) is 3.07.